The smallest absolute Gasteiger partial charge is 0.222 e. The van der Waals surface area contributed by atoms with Gasteiger partial charge in [-0.2, -0.15) is 4.98 Å². The average Bonchev–Trinajstić information content (AvgIpc) is 3.34. The Bertz CT molecular complexity index is 479. The number of hydrogen-bond acceptors (Lipinski definition) is 4. The predicted molar refractivity (Wildman–Crippen MR) is 85.0 cm³/mol. The highest BCUT2D eigenvalue weighted by atomic mass is 16.5. The van der Waals surface area contributed by atoms with Crippen LogP contribution in [0, 0.1) is 6.92 Å². The minimum atomic E-state index is 0.346. The maximum atomic E-state index is 6.23. The average molecular weight is 289 g/mol. The molecular weight excluding hydrogens is 262 g/mol. The number of ether oxygens (including phenoxy) is 1. The van der Waals surface area contributed by atoms with E-state index in [1.807, 2.05) is 0 Å². The molecule has 116 valence electrons. The lowest BCUT2D eigenvalue weighted by Gasteiger charge is -2.24. The lowest BCUT2D eigenvalue weighted by molar-refractivity contribution is 0.147. The minimum Gasteiger partial charge on any atom is -0.474 e. The maximum Gasteiger partial charge on any atom is 0.222 e. The first-order valence-corrected chi connectivity index (χ1v) is 8.57. The summed E-state index contributed by atoms with van der Waals surface area (Å²) < 4.78 is 6.23. The van der Waals surface area contributed by atoms with Gasteiger partial charge >= 0.3 is 0 Å². The molecule has 4 heteroatoms. The van der Waals surface area contributed by atoms with Crippen molar-refractivity contribution in [1.29, 1.82) is 0 Å². The number of rotatable bonds is 6. The molecule has 0 atom stereocenters. The van der Waals surface area contributed by atoms with Gasteiger partial charge in [0.2, 0.25) is 5.88 Å². The summed E-state index contributed by atoms with van der Waals surface area (Å²) in [6.45, 7) is 5.20. The molecule has 1 aromatic rings. The standard InChI is InChI=1S/C17H27N3O/c1-3-11-18-15-12(2)17(20-16(19-15)13-9-10-13)21-14-7-5-4-6-8-14/h13-14H,3-11H2,1-2H3,(H,18,19,20). The fraction of sp³-hybridized carbons (Fsp3) is 0.765. The first-order valence-electron chi connectivity index (χ1n) is 8.57. The van der Waals surface area contributed by atoms with E-state index in [9.17, 15) is 0 Å². The highest BCUT2D eigenvalue weighted by Crippen LogP contribution is 2.40. The lowest BCUT2D eigenvalue weighted by Crippen LogP contribution is -2.21. The SMILES string of the molecule is CCCNc1nc(C2CC2)nc(OC2CCCCC2)c1C. The van der Waals surface area contributed by atoms with E-state index < -0.39 is 0 Å². The van der Waals surface area contributed by atoms with Crippen LogP contribution in [-0.4, -0.2) is 22.6 Å². The Morgan fingerprint density at radius 3 is 2.52 bits per heavy atom. The molecule has 0 aliphatic heterocycles. The summed E-state index contributed by atoms with van der Waals surface area (Å²) in [4.78, 5) is 9.45. The topological polar surface area (TPSA) is 47.0 Å². The van der Waals surface area contributed by atoms with Crippen LogP contribution in [-0.2, 0) is 0 Å². The molecule has 2 aliphatic carbocycles. The molecule has 0 unspecified atom stereocenters. The van der Waals surface area contributed by atoms with Gasteiger partial charge in [0.1, 0.15) is 17.7 Å². The Hall–Kier alpha value is -1.32. The van der Waals surface area contributed by atoms with Crippen LogP contribution in [0.3, 0.4) is 0 Å². The molecular formula is C17H27N3O. The fourth-order valence-corrected chi connectivity index (χ4v) is 2.91. The van der Waals surface area contributed by atoms with Gasteiger partial charge < -0.3 is 10.1 Å². The van der Waals surface area contributed by atoms with Crippen LogP contribution in [0.25, 0.3) is 0 Å². The van der Waals surface area contributed by atoms with Crippen molar-refractivity contribution in [3.05, 3.63) is 11.4 Å². The van der Waals surface area contributed by atoms with Gasteiger partial charge in [-0.15, -0.1) is 0 Å². The molecule has 0 radical (unpaired) electrons. The molecule has 4 nitrogen and oxygen atoms in total. The van der Waals surface area contributed by atoms with Crippen LogP contribution in [0.4, 0.5) is 5.82 Å². The summed E-state index contributed by atoms with van der Waals surface area (Å²) in [7, 11) is 0. The number of aromatic nitrogens is 2. The number of nitrogens with one attached hydrogen (secondary N) is 1. The van der Waals surface area contributed by atoms with E-state index in [0.29, 0.717) is 12.0 Å². The van der Waals surface area contributed by atoms with Crippen LogP contribution in [0.15, 0.2) is 0 Å². The van der Waals surface area contributed by atoms with Gasteiger partial charge in [-0.3, -0.25) is 0 Å². The Morgan fingerprint density at radius 1 is 1.10 bits per heavy atom. The molecule has 1 aromatic heterocycles. The van der Waals surface area contributed by atoms with Crippen molar-refractivity contribution in [3.8, 4) is 5.88 Å². The van der Waals surface area contributed by atoms with Gasteiger partial charge in [-0.05, 0) is 51.9 Å². The molecule has 2 saturated carbocycles. The van der Waals surface area contributed by atoms with Crippen molar-refractivity contribution < 1.29 is 4.74 Å². The van der Waals surface area contributed by atoms with E-state index in [0.717, 1.165) is 36.1 Å². The van der Waals surface area contributed by atoms with Crippen LogP contribution < -0.4 is 10.1 Å². The zero-order valence-electron chi connectivity index (χ0n) is 13.3. The molecule has 1 heterocycles. The van der Waals surface area contributed by atoms with E-state index in [-0.39, 0.29) is 0 Å². The van der Waals surface area contributed by atoms with Crippen molar-refractivity contribution in [1.82, 2.24) is 9.97 Å². The first-order chi connectivity index (χ1) is 10.3. The molecule has 2 fully saturated rings. The quantitative estimate of drug-likeness (QED) is 0.852. The largest absolute Gasteiger partial charge is 0.474 e. The van der Waals surface area contributed by atoms with Crippen molar-refractivity contribution in [2.45, 2.75) is 77.2 Å². The summed E-state index contributed by atoms with van der Waals surface area (Å²) in [6, 6.07) is 0. The molecule has 21 heavy (non-hydrogen) atoms. The van der Waals surface area contributed by atoms with Crippen LogP contribution in [0.5, 0.6) is 5.88 Å². The number of anilines is 1. The second-order valence-electron chi connectivity index (χ2n) is 6.44. The molecule has 0 amide bonds. The van der Waals surface area contributed by atoms with Crippen LogP contribution in [0.1, 0.15) is 75.6 Å². The van der Waals surface area contributed by atoms with Crippen molar-refractivity contribution >= 4 is 5.82 Å². The van der Waals surface area contributed by atoms with Gasteiger partial charge in [0.05, 0.1) is 5.56 Å². The molecule has 3 rings (SSSR count). The van der Waals surface area contributed by atoms with Gasteiger partial charge in [-0.25, -0.2) is 4.98 Å². The summed E-state index contributed by atoms with van der Waals surface area (Å²) in [5.74, 6) is 3.32. The van der Waals surface area contributed by atoms with Crippen molar-refractivity contribution in [2.24, 2.45) is 0 Å². The molecule has 0 aromatic carbocycles. The van der Waals surface area contributed by atoms with Crippen LogP contribution >= 0.6 is 0 Å². The molecule has 0 saturated heterocycles. The Kier molecular flexibility index (Phi) is 4.61. The van der Waals surface area contributed by atoms with Crippen LogP contribution in [0.2, 0.25) is 0 Å². The molecule has 1 N–H and O–H groups in total. The predicted octanol–water partition coefficient (Wildman–Crippen LogP) is 4.20. The fourth-order valence-electron chi connectivity index (χ4n) is 2.91. The first kappa shape index (κ1) is 14.6. The monoisotopic (exact) mass is 289 g/mol. The number of nitrogens with zero attached hydrogens (tertiary/aromatic N) is 2. The number of hydrogen-bond donors (Lipinski definition) is 1. The van der Waals surface area contributed by atoms with E-state index >= 15 is 0 Å². The second kappa shape index (κ2) is 6.63. The second-order valence-corrected chi connectivity index (χ2v) is 6.44. The van der Waals surface area contributed by atoms with E-state index in [2.05, 4.69) is 19.2 Å². The van der Waals surface area contributed by atoms with Gasteiger partial charge in [0.25, 0.3) is 0 Å². The summed E-state index contributed by atoms with van der Waals surface area (Å²) in [6.07, 6.45) is 10.1. The molecule has 0 bridgehead atoms. The third-order valence-electron chi connectivity index (χ3n) is 4.43. The van der Waals surface area contributed by atoms with Gasteiger partial charge in [-0.1, -0.05) is 13.3 Å². The zero-order chi connectivity index (χ0) is 14.7. The van der Waals surface area contributed by atoms with E-state index in [1.54, 1.807) is 0 Å². The zero-order valence-corrected chi connectivity index (χ0v) is 13.3. The minimum absolute atomic E-state index is 0.346. The van der Waals surface area contributed by atoms with E-state index in [4.69, 9.17) is 14.7 Å². The lowest BCUT2D eigenvalue weighted by atomic mass is 9.98. The van der Waals surface area contributed by atoms with Gasteiger partial charge in [0, 0.05) is 12.5 Å². The molecule has 0 spiro atoms. The van der Waals surface area contributed by atoms with Crippen molar-refractivity contribution in [2.75, 3.05) is 11.9 Å². The third kappa shape index (κ3) is 3.66. The summed E-state index contributed by atoms with van der Waals surface area (Å²) in [5, 5.41) is 3.43. The maximum absolute atomic E-state index is 6.23. The van der Waals surface area contributed by atoms with Gasteiger partial charge in [0.15, 0.2) is 0 Å². The summed E-state index contributed by atoms with van der Waals surface area (Å²) in [5.41, 5.74) is 1.07. The van der Waals surface area contributed by atoms with Crippen molar-refractivity contribution in [3.63, 3.8) is 0 Å². The Morgan fingerprint density at radius 2 is 1.86 bits per heavy atom. The third-order valence-corrected chi connectivity index (χ3v) is 4.43. The Labute approximate surface area is 127 Å². The normalized spacial score (nSPS) is 19.5. The Balaban J connectivity index is 1.80. The van der Waals surface area contributed by atoms with E-state index in [1.165, 1.54) is 44.9 Å². The highest BCUT2D eigenvalue weighted by Gasteiger charge is 2.29. The molecule has 2 aliphatic rings. The highest BCUT2D eigenvalue weighted by molar-refractivity contribution is 5.49. The summed E-state index contributed by atoms with van der Waals surface area (Å²) >= 11 is 0.